The first-order valence-corrected chi connectivity index (χ1v) is 6.91. The Morgan fingerprint density at radius 1 is 1.32 bits per heavy atom. The molecule has 3 rings (SSSR count). The number of hydrogen-bond donors (Lipinski definition) is 2. The smallest absolute Gasteiger partial charge is 0.255 e. The zero-order valence-electron chi connectivity index (χ0n) is 11.5. The fourth-order valence-electron chi connectivity index (χ4n) is 2.89. The molecule has 1 aliphatic rings. The van der Waals surface area contributed by atoms with Crippen LogP contribution in [0.1, 0.15) is 32.3 Å². The Hall–Kier alpha value is -1.61. The molecule has 19 heavy (non-hydrogen) atoms. The fourth-order valence-corrected chi connectivity index (χ4v) is 2.89. The van der Waals surface area contributed by atoms with Gasteiger partial charge in [0.2, 0.25) is 0 Å². The van der Waals surface area contributed by atoms with Crippen LogP contribution in [0.15, 0.2) is 35.3 Å². The molecule has 0 spiro atoms. The number of aromatic nitrogens is 1. The molecule has 0 amide bonds. The van der Waals surface area contributed by atoms with E-state index in [1.165, 1.54) is 12.8 Å². The predicted octanol–water partition coefficient (Wildman–Crippen LogP) is 2.81. The molecule has 1 aromatic heterocycles. The molecule has 0 bridgehead atoms. The number of hydrogen-bond acceptors (Lipinski definition) is 2. The van der Waals surface area contributed by atoms with Crippen LogP contribution in [0, 0.1) is 5.41 Å². The van der Waals surface area contributed by atoms with Gasteiger partial charge in [-0.15, -0.1) is 0 Å². The summed E-state index contributed by atoms with van der Waals surface area (Å²) in [6.45, 7) is 5.42. The van der Waals surface area contributed by atoms with Gasteiger partial charge in [0, 0.05) is 24.2 Å². The minimum atomic E-state index is -0.0108. The van der Waals surface area contributed by atoms with Gasteiger partial charge in [0.25, 0.3) is 5.56 Å². The van der Waals surface area contributed by atoms with Crippen molar-refractivity contribution in [3.8, 4) is 0 Å². The second-order valence-corrected chi connectivity index (χ2v) is 6.15. The average Bonchev–Trinajstić information content (AvgIpc) is 2.41. The molecule has 0 aliphatic heterocycles. The minimum Gasteiger partial charge on any atom is -0.328 e. The van der Waals surface area contributed by atoms with Gasteiger partial charge >= 0.3 is 0 Å². The maximum absolute atomic E-state index is 11.8. The molecule has 1 aliphatic carbocycles. The van der Waals surface area contributed by atoms with E-state index in [-0.39, 0.29) is 5.56 Å². The summed E-state index contributed by atoms with van der Waals surface area (Å²) in [5.41, 5.74) is 1.55. The summed E-state index contributed by atoms with van der Waals surface area (Å²) in [7, 11) is 0. The van der Waals surface area contributed by atoms with E-state index in [9.17, 15) is 4.79 Å². The molecular weight excluding hydrogens is 236 g/mol. The van der Waals surface area contributed by atoms with Gasteiger partial charge in [0.05, 0.1) is 0 Å². The maximum atomic E-state index is 11.8. The number of nitrogens with one attached hydrogen (secondary N) is 2. The number of benzene rings is 1. The topological polar surface area (TPSA) is 44.9 Å². The van der Waals surface area contributed by atoms with Crippen molar-refractivity contribution in [1.82, 2.24) is 10.3 Å². The molecule has 1 unspecified atom stereocenters. The minimum absolute atomic E-state index is 0.0108. The van der Waals surface area contributed by atoms with Gasteiger partial charge in [-0.1, -0.05) is 32.0 Å². The van der Waals surface area contributed by atoms with E-state index in [2.05, 4.69) is 24.1 Å². The van der Waals surface area contributed by atoms with Crippen LogP contribution in [0.2, 0.25) is 0 Å². The van der Waals surface area contributed by atoms with Crippen molar-refractivity contribution in [3.05, 3.63) is 46.4 Å². The summed E-state index contributed by atoms with van der Waals surface area (Å²) in [6.07, 6.45) is 4.37. The number of fused-ring (bicyclic) bond motifs is 1. The standard InChI is InChI=1S/C16H20N2O/c1-16(2)8-7-14(16)17-9-11-10-18-15(19)13-6-4-3-5-12(11)13/h3-6,10,14,17H,7-9H2,1-2H3,(H,18,19). The molecular formula is C16H20N2O. The van der Waals surface area contributed by atoms with Crippen molar-refractivity contribution >= 4 is 10.8 Å². The van der Waals surface area contributed by atoms with Gasteiger partial charge in [-0.05, 0) is 35.3 Å². The largest absolute Gasteiger partial charge is 0.328 e. The molecule has 1 aromatic carbocycles. The molecule has 1 fully saturated rings. The SMILES string of the molecule is CC1(C)CCC1NCc1c[nH]c(=O)c2ccccc12. The van der Waals surface area contributed by atoms with Gasteiger partial charge in [-0.2, -0.15) is 0 Å². The Bertz CT molecular complexity index is 657. The second kappa shape index (κ2) is 4.49. The number of aromatic amines is 1. The number of H-pyrrole nitrogens is 1. The van der Waals surface area contributed by atoms with E-state index in [1.54, 1.807) is 0 Å². The van der Waals surface area contributed by atoms with E-state index in [0.29, 0.717) is 11.5 Å². The highest BCUT2D eigenvalue weighted by atomic mass is 16.1. The van der Waals surface area contributed by atoms with Crippen LogP contribution in [0.5, 0.6) is 0 Å². The van der Waals surface area contributed by atoms with Gasteiger partial charge in [-0.3, -0.25) is 4.79 Å². The zero-order valence-corrected chi connectivity index (χ0v) is 11.5. The van der Waals surface area contributed by atoms with E-state index in [4.69, 9.17) is 0 Å². The lowest BCUT2D eigenvalue weighted by atomic mass is 9.67. The maximum Gasteiger partial charge on any atom is 0.255 e. The van der Waals surface area contributed by atoms with E-state index < -0.39 is 0 Å². The van der Waals surface area contributed by atoms with Crippen molar-refractivity contribution < 1.29 is 0 Å². The third kappa shape index (κ3) is 2.19. The molecule has 2 aromatic rings. The summed E-state index contributed by atoms with van der Waals surface area (Å²) in [4.78, 5) is 14.6. The van der Waals surface area contributed by atoms with Crippen molar-refractivity contribution in [1.29, 1.82) is 0 Å². The lowest BCUT2D eigenvalue weighted by Crippen LogP contribution is -2.49. The molecule has 3 nitrogen and oxygen atoms in total. The summed E-state index contributed by atoms with van der Waals surface area (Å²) >= 11 is 0. The molecule has 0 radical (unpaired) electrons. The fraction of sp³-hybridized carbons (Fsp3) is 0.438. The molecule has 1 saturated carbocycles. The number of pyridine rings is 1. The van der Waals surface area contributed by atoms with Crippen LogP contribution in [0.4, 0.5) is 0 Å². The monoisotopic (exact) mass is 256 g/mol. The highest BCUT2D eigenvalue weighted by Gasteiger charge is 2.37. The number of rotatable bonds is 3. The van der Waals surface area contributed by atoms with Crippen LogP contribution in [0.3, 0.4) is 0 Å². The van der Waals surface area contributed by atoms with Crippen LogP contribution in [-0.4, -0.2) is 11.0 Å². The van der Waals surface area contributed by atoms with Crippen LogP contribution in [0.25, 0.3) is 10.8 Å². The highest BCUT2D eigenvalue weighted by molar-refractivity contribution is 5.84. The summed E-state index contributed by atoms with van der Waals surface area (Å²) in [5.74, 6) is 0. The predicted molar refractivity (Wildman–Crippen MR) is 78.2 cm³/mol. The lowest BCUT2D eigenvalue weighted by Gasteiger charge is -2.45. The van der Waals surface area contributed by atoms with Crippen LogP contribution < -0.4 is 10.9 Å². The van der Waals surface area contributed by atoms with Gasteiger partial charge in [-0.25, -0.2) is 0 Å². The first kappa shape index (κ1) is 12.4. The molecule has 1 heterocycles. The Morgan fingerprint density at radius 2 is 2.05 bits per heavy atom. The van der Waals surface area contributed by atoms with Crippen LogP contribution in [-0.2, 0) is 6.54 Å². The molecule has 2 N–H and O–H groups in total. The highest BCUT2D eigenvalue weighted by Crippen LogP contribution is 2.40. The van der Waals surface area contributed by atoms with Gasteiger partial charge in [0.15, 0.2) is 0 Å². The van der Waals surface area contributed by atoms with Crippen molar-refractivity contribution in [3.63, 3.8) is 0 Å². The van der Waals surface area contributed by atoms with Gasteiger partial charge in [0.1, 0.15) is 0 Å². The Balaban J connectivity index is 1.86. The van der Waals surface area contributed by atoms with Gasteiger partial charge < -0.3 is 10.3 Å². The second-order valence-electron chi connectivity index (χ2n) is 6.15. The first-order chi connectivity index (χ1) is 9.08. The lowest BCUT2D eigenvalue weighted by molar-refractivity contribution is 0.108. The third-order valence-electron chi connectivity index (χ3n) is 4.45. The van der Waals surface area contributed by atoms with E-state index >= 15 is 0 Å². The quantitative estimate of drug-likeness (QED) is 0.887. The normalized spacial score (nSPS) is 21.3. The molecule has 1 atom stereocenters. The Labute approximate surface area is 113 Å². The van der Waals surface area contributed by atoms with E-state index in [0.717, 1.165) is 22.9 Å². The van der Waals surface area contributed by atoms with Crippen molar-refractivity contribution in [2.24, 2.45) is 5.41 Å². The molecule has 0 saturated heterocycles. The van der Waals surface area contributed by atoms with Crippen molar-refractivity contribution in [2.45, 2.75) is 39.3 Å². The summed E-state index contributed by atoms with van der Waals surface area (Å²) in [6, 6.07) is 8.37. The zero-order chi connectivity index (χ0) is 13.5. The van der Waals surface area contributed by atoms with Crippen molar-refractivity contribution in [2.75, 3.05) is 0 Å². The third-order valence-corrected chi connectivity index (χ3v) is 4.45. The Morgan fingerprint density at radius 3 is 2.68 bits per heavy atom. The summed E-state index contributed by atoms with van der Waals surface area (Å²) < 4.78 is 0. The van der Waals surface area contributed by atoms with E-state index in [1.807, 2.05) is 30.5 Å². The Kier molecular flexibility index (Phi) is 2.94. The average molecular weight is 256 g/mol. The first-order valence-electron chi connectivity index (χ1n) is 6.91. The van der Waals surface area contributed by atoms with Crippen LogP contribution >= 0.6 is 0 Å². The molecule has 100 valence electrons. The molecule has 3 heteroatoms. The summed E-state index contributed by atoms with van der Waals surface area (Å²) in [5, 5.41) is 5.44.